The van der Waals surface area contributed by atoms with Crippen LogP contribution in [0.25, 0.3) is 10.9 Å². The second kappa shape index (κ2) is 9.36. The van der Waals surface area contributed by atoms with E-state index in [1.807, 2.05) is 0 Å². The summed E-state index contributed by atoms with van der Waals surface area (Å²) in [4.78, 5) is 24.3. The first-order valence-electron chi connectivity index (χ1n) is 9.15. The number of hydrogen-bond acceptors (Lipinski definition) is 8. The lowest BCUT2D eigenvalue weighted by Gasteiger charge is -2.34. The summed E-state index contributed by atoms with van der Waals surface area (Å²) < 4.78 is 16.9. The first-order chi connectivity index (χ1) is 13.5. The van der Waals surface area contributed by atoms with Gasteiger partial charge < -0.3 is 19.1 Å². The quantitative estimate of drug-likeness (QED) is 0.507. The molecule has 0 bridgehead atoms. The van der Waals surface area contributed by atoms with Gasteiger partial charge in [0.15, 0.2) is 11.5 Å². The number of ether oxygens (including phenoxy) is 3. The van der Waals surface area contributed by atoms with Crippen LogP contribution in [0.15, 0.2) is 18.5 Å². The van der Waals surface area contributed by atoms with E-state index < -0.39 is 0 Å². The lowest BCUT2D eigenvalue weighted by atomic mass is 10.2. The molecule has 1 fully saturated rings. The highest BCUT2D eigenvalue weighted by Crippen LogP contribution is 2.33. The molecule has 0 spiro atoms. The van der Waals surface area contributed by atoms with E-state index in [2.05, 4.69) is 26.8 Å². The molecule has 9 heteroatoms. The number of rotatable bonds is 7. The number of halogens is 1. The minimum absolute atomic E-state index is 0.215. The number of methoxy groups -OCH3 is 1. The monoisotopic (exact) mass is 408 g/mol. The van der Waals surface area contributed by atoms with Gasteiger partial charge in [0.2, 0.25) is 0 Å². The van der Waals surface area contributed by atoms with Gasteiger partial charge in [0.25, 0.3) is 0 Å². The highest BCUT2D eigenvalue weighted by atomic mass is 35.5. The topological polar surface area (TPSA) is 77.0 Å². The molecule has 0 radical (unpaired) electrons. The summed E-state index contributed by atoms with van der Waals surface area (Å²) in [6, 6.07) is 3.50. The Bertz CT molecular complexity index is 827. The zero-order valence-electron chi connectivity index (χ0n) is 16.4. The van der Waals surface area contributed by atoms with Gasteiger partial charge in [-0.05, 0) is 13.1 Å². The molecule has 0 saturated carbocycles. The number of nitrogens with zero attached hydrogens (tertiary/aromatic N) is 4. The Morgan fingerprint density at radius 3 is 2.64 bits per heavy atom. The second-order valence-electron chi connectivity index (χ2n) is 6.83. The van der Waals surface area contributed by atoms with Crippen molar-refractivity contribution in [1.82, 2.24) is 19.8 Å². The molecule has 28 heavy (non-hydrogen) atoms. The summed E-state index contributed by atoms with van der Waals surface area (Å²) in [5.74, 6) is 0.707. The van der Waals surface area contributed by atoms with Crippen molar-refractivity contribution in [2.75, 3.05) is 53.5 Å². The Hall–Kier alpha value is -2.16. The number of likely N-dealkylation sites (N-methyl/N-ethyl adjacent to an activating group) is 1. The van der Waals surface area contributed by atoms with Crippen LogP contribution in [0.2, 0.25) is 5.15 Å². The van der Waals surface area contributed by atoms with Gasteiger partial charge in [-0.25, -0.2) is 9.97 Å². The smallest absolute Gasteiger partial charge is 0.303 e. The van der Waals surface area contributed by atoms with E-state index in [1.54, 1.807) is 19.2 Å². The largest absolute Gasteiger partial charge is 0.493 e. The molecule has 2 aromatic rings. The Balaban J connectivity index is 1.72. The average Bonchev–Trinajstić information content (AvgIpc) is 2.67. The molecule has 0 amide bonds. The van der Waals surface area contributed by atoms with Crippen LogP contribution in [0.1, 0.15) is 6.92 Å². The van der Waals surface area contributed by atoms with Crippen LogP contribution in [0.4, 0.5) is 0 Å². The summed E-state index contributed by atoms with van der Waals surface area (Å²) in [5.41, 5.74) is 0.652. The number of benzene rings is 1. The number of esters is 1. The SMILES string of the molecule is COc1cc2c(Cl)ncnc2cc1OCC(CN1CCN(C)CC1)OC(C)=O. The van der Waals surface area contributed by atoms with Gasteiger partial charge in [-0.15, -0.1) is 0 Å². The highest BCUT2D eigenvalue weighted by molar-refractivity contribution is 6.34. The Morgan fingerprint density at radius 2 is 1.96 bits per heavy atom. The van der Waals surface area contributed by atoms with E-state index in [4.69, 9.17) is 25.8 Å². The second-order valence-corrected chi connectivity index (χ2v) is 7.19. The van der Waals surface area contributed by atoms with E-state index in [0.717, 1.165) is 26.2 Å². The van der Waals surface area contributed by atoms with Crippen LogP contribution >= 0.6 is 11.6 Å². The van der Waals surface area contributed by atoms with Crippen molar-refractivity contribution in [3.63, 3.8) is 0 Å². The highest BCUT2D eigenvalue weighted by Gasteiger charge is 2.22. The fourth-order valence-electron chi connectivity index (χ4n) is 3.16. The lowest BCUT2D eigenvalue weighted by Crippen LogP contribution is -2.48. The molecule has 0 N–H and O–H groups in total. The number of aromatic nitrogens is 2. The Labute approximate surface area is 169 Å². The maximum atomic E-state index is 11.5. The Morgan fingerprint density at radius 1 is 1.21 bits per heavy atom. The van der Waals surface area contributed by atoms with Crippen molar-refractivity contribution in [3.05, 3.63) is 23.6 Å². The molecule has 1 aromatic heterocycles. The summed E-state index contributed by atoms with van der Waals surface area (Å²) in [6.07, 6.45) is 1.02. The molecule has 8 nitrogen and oxygen atoms in total. The van der Waals surface area contributed by atoms with Crippen LogP contribution in [-0.4, -0.2) is 85.3 Å². The molecule has 2 heterocycles. The van der Waals surface area contributed by atoms with Crippen molar-refractivity contribution >= 4 is 28.5 Å². The van der Waals surface area contributed by atoms with Crippen LogP contribution in [0.3, 0.4) is 0 Å². The van der Waals surface area contributed by atoms with Gasteiger partial charge in [-0.1, -0.05) is 11.6 Å². The molecular weight excluding hydrogens is 384 g/mol. The average molecular weight is 409 g/mol. The minimum Gasteiger partial charge on any atom is -0.493 e. The summed E-state index contributed by atoms with van der Waals surface area (Å²) >= 11 is 6.13. The van der Waals surface area contributed by atoms with E-state index in [9.17, 15) is 4.79 Å². The zero-order valence-corrected chi connectivity index (χ0v) is 17.1. The van der Waals surface area contributed by atoms with E-state index in [-0.39, 0.29) is 18.7 Å². The van der Waals surface area contributed by atoms with Gasteiger partial charge in [0.05, 0.1) is 12.6 Å². The number of hydrogen-bond donors (Lipinski definition) is 0. The summed E-state index contributed by atoms with van der Waals surface area (Å²) in [6.45, 7) is 6.10. The predicted octanol–water partition coefficient (Wildman–Crippen LogP) is 1.85. The summed E-state index contributed by atoms with van der Waals surface area (Å²) in [7, 11) is 3.66. The number of fused-ring (bicyclic) bond motifs is 1. The van der Waals surface area contributed by atoms with Crippen molar-refractivity contribution in [1.29, 1.82) is 0 Å². The third-order valence-electron chi connectivity index (χ3n) is 4.69. The van der Waals surface area contributed by atoms with Gasteiger partial charge in [0, 0.05) is 51.1 Å². The van der Waals surface area contributed by atoms with E-state index in [1.165, 1.54) is 13.3 Å². The zero-order chi connectivity index (χ0) is 20.1. The van der Waals surface area contributed by atoms with E-state index >= 15 is 0 Å². The van der Waals surface area contributed by atoms with Gasteiger partial charge in [-0.3, -0.25) is 9.69 Å². The summed E-state index contributed by atoms with van der Waals surface area (Å²) in [5, 5.41) is 1.03. The third-order valence-corrected chi connectivity index (χ3v) is 4.99. The first kappa shape index (κ1) is 20.6. The molecule has 1 aliphatic rings. The van der Waals surface area contributed by atoms with Crippen LogP contribution in [0, 0.1) is 0 Å². The Kier molecular flexibility index (Phi) is 6.88. The predicted molar refractivity (Wildman–Crippen MR) is 106 cm³/mol. The van der Waals surface area contributed by atoms with Crippen molar-refractivity contribution in [2.24, 2.45) is 0 Å². The third kappa shape index (κ3) is 5.21. The molecule has 1 aromatic carbocycles. The molecule has 1 atom stereocenters. The van der Waals surface area contributed by atoms with Crippen LogP contribution in [-0.2, 0) is 9.53 Å². The number of piperazine rings is 1. The van der Waals surface area contributed by atoms with E-state index in [0.29, 0.717) is 34.1 Å². The number of carbonyl (C=O) groups is 1. The van der Waals surface area contributed by atoms with Crippen LogP contribution < -0.4 is 9.47 Å². The molecule has 152 valence electrons. The molecule has 0 aliphatic carbocycles. The first-order valence-corrected chi connectivity index (χ1v) is 9.53. The molecular formula is C19H25ClN4O4. The molecule has 1 aliphatic heterocycles. The van der Waals surface area contributed by atoms with Gasteiger partial charge in [0.1, 0.15) is 24.2 Å². The van der Waals surface area contributed by atoms with Crippen molar-refractivity contribution < 1.29 is 19.0 Å². The fraction of sp³-hybridized carbons (Fsp3) is 0.526. The maximum Gasteiger partial charge on any atom is 0.303 e. The maximum absolute atomic E-state index is 11.5. The normalized spacial score (nSPS) is 16.7. The lowest BCUT2D eigenvalue weighted by molar-refractivity contribution is -0.149. The fourth-order valence-corrected chi connectivity index (χ4v) is 3.36. The standard InChI is InChI=1S/C19H25ClN4O4/c1-13(25)28-14(10-24-6-4-23(2)5-7-24)11-27-18-9-16-15(8-17(18)26-3)19(20)22-12-21-16/h8-9,12,14H,4-7,10-11H2,1-3H3. The molecule has 1 unspecified atom stereocenters. The van der Waals surface area contributed by atoms with Crippen molar-refractivity contribution in [3.8, 4) is 11.5 Å². The van der Waals surface area contributed by atoms with Crippen molar-refractivity contribution in [2.45, 2.75) is 13.0 Å². The van der Waals surface area contributed by atoms with Crippen LogP contribution in [0.5, 0.6) is 11.5 Å². The van der Waals surface area contributed by atoms with Gasteiger partial charge in [-0.2, -0.15) is 0 Å². The number of carbonyl (C=O) groups excluding carboxylic acids is 1. The molecule has 3 rings (SSSR count). The minimum atomic E-state index is -0.379. The molecule has 1 saturated heterocycles. The van der Waals surface area contributed by atoms with Gasteiger partial charge >= 0.3 is 5.97 Å².